The number of hydrogen-bond acceptors (Lipinski definition) is 3. The van der Waals surface area contributed by atoms with Gasteiger partial charge in [-0.05, 0) is 0 Å². The predicted octanol–water partition coefficient (Wildman–Crippen LogP) is 6.50. The molecule has 5 rings (SSSR count). The van der Waals surface area contributed by atoms with Gasteiger partial charge in [0, 0.05) is 0 Å². The van der Waals surface area contributed by atoms with E-state index in [0.29, 0.717) is 5.89 Å². The number of aryl methyl sites for hydroxylation is 1. The van der Waals surface area contributed by atoms with Gasteiger partial charge in [-0.1, -0.05) is 0 Å². The molecule has 0 saturated heterocycles. The molecule has 0 amide bonds. The van der Waals surface area contributed by atoms with Crippen molar-refractivity contribution in [3.63, 3.8) is 0 Å². The Morgan fingerprint density at radius 2 is 1.17 bits per heavy atom. The molecule has 0 N–H and O–H groups in total. The van der Waals surface area contributed by atoms with Crippen molar-refractivity contribution in [1.29, 1.82) is 0 Å². The van der Waals surface area contributed by atoms with Crippen molar-refractivity contribution in [3.8, 4) is 11.5 Å². The van der Waals surface area contributed by atoms with Crippen molar-refractivity contribution in [2.24, 2.45) is 0 Å². The van der Waals surface area contributed by atoms with Crippen molar-refractivity contribution in [2.45, 2.75) is 25.4 Å². The van der Waals surface area contributed by atoms with E-state index in [4.69, 9.17) is 9.40 Å². The number of benzene rings is 4. The summed E-state index contributed by atoms with van der Waals surface area (Å²) in [4.78, 5) is 5.34. The van der Waals surface area contributed by atoms with Crippen molar-refractivity contribution in [2.75, 3.05) is 5.75 Å². The molecular weight excluding hydrogens is 465 g/mol. The van der Waals surface area contributed by atoms with E-state index >= 15 is 0 Å². The third-order valence-electron chi connectivity index (χ3n) is 6.31. The molecule has 35 heavy (non-hydrogen) atoms. The van der Waals surface area contributed by atoms with Gasteiger partial charge < -0.3 is 0 Å². The molecular formula is C31H30NOPS. The monoisotopic (exact) mass is 495 g/mol. The average Bonchev–Trinajstić information content (AvgIpc) is 3.34. The molecule has 0 radical (unpaired) electrons. The zero-order chi connectivity index (χ0) is 24.1. The second kappa shape index (κ2) is 10.6. The molecule has 4 aromatic carbocycles. The van der Waals surface area contributed by atoms with Gasteiger partial charge >= 0.3 is 213 Å². The first-order chi connectivity index (χ1) is 17.2. The number of rotatable bonds is 8. The van der Waals surface area contributed by atoms with Crippen LogP contribution in [0.4, 0.5) is 0 Å². The maximum absolute atomic E-state index is 6.60. The summed E-state index contributed by atoms with van der Waals surface area (Å²) in [6.45, 7) is 4.31. The van der Waals surface area contributed by atoms with Crippen LogP contribution < -0.4 is 21.3 Å². The van der Waals surface area contributed by atoms with Gasteiger partial charge in [-0.2, -0.15) is 0 Å². The second-order valence-corrected chi connectivity index (χ2v) is 13.5. The summed E-state index contributed by atoms with van der Waals surface area (Å²) in [5.41, 5.74) is 3.31. The van der Waals surface area contributed by atoms with E-state index in [2.05, 4.69) is 129 Å². The van der Waals surface area contributed by atoms with Gasteiger partial charge in [-0.3, -0.25) is 0 Å². The van der Waals surface area contributed by atoms with Gasteiger partial charge in [0.2, 0.25) is 0 Å². The van der Waals surface area contributed by atoms with E-state index in [1.807, 2.05) is 0 Å². The SMILES string of the molecule is CCCSc1oc(-c2ccc(C)cc2)nc1[PH](c1ccccc1)(c1ccccc1)c1ccccc1. The summed E-state index contributed by atoms with van der Waals surface area (Å²) < 4.78 is 6.60. The molecule has 0 aliphatic carbocycles. The summed E-state index contributed by atoms with van der Waals surface area (Å²) in [6, 6.07) is 41.2. The van der Waals surface area contributed by atoms with Crippen LogP contribution >= 0.6 is 19.0 Å². The van der Waals surface area contributed by atoms with Crippen molar-refractivity contribution >= 4 is 40.4 Å². The standard InChI is InChI=1S/C31H30NOPS/c1-3-23-35-31-30(32-29(33-31)25-21-19-24(2)20-22-25)34(26-13-7-4-8-14-26,27-15-9-5-10-16-27)28-17-11-6-12-18-28/h4-22,34H,3,23H2,1-2H3. The van der Waals surface area contributed by atoms with Crippen LogP contribution in [-0.4, -0.2) is 10.7 Å². The van der Waals surface area contributed by atoms with Gasteiger partial charge in [0.05, 0.1) is 0 Å². The fourth-order valence-electron chi connectivity index (χ4n) is 4.63. The van der Waals surface area contributed by atoms with Crippen LogP contribution in [0.25, 0.3) is 11.5 Å². The van der Waals surface area contributed by atoms with Gasteiger partial charge in [0.1, 0.15) is 0 Å². The quantitative estimate of drug-likeness (QED) is 0.181. The topological polar surface area (TPSA) is 26.0 Å². The Kier molecular flexibility index (Phi) is 7.18. The summed E-state index contributed by atoms with van der Waals surface area (Å²) >= 11 is 1.78. The molecule has 176 valence electrons. The molecule has 0 saturated carbocycles. The molecule has 0 unspecified atom stereocenters. The molecule has 0 spiro atoms. The fourth-order valence-corrected chi connectivity index (χ4v) is 10.5. The Bertz CT molecular complexity index is 1270. The van der Waals surface area contributed by atoms with Gasteiger partial charge in [-0.25, -0.2) is 0 Å². The Labute approximate surface area is 212 Å². The zero-order valence-electron chi connectivity index (χ0n) is 20.1. The fraction of sp³-hybridized carbons (Fsp3) is 0.129. The maximum atomic E-state index is 6.60. The van der Waals surface area contributed by atoms with E-state index in [1.54, 1.807) is 11.8 Å². The van der Waals surface area contributed by atoms with Gasteiger partial charge in [0.25, 0.3) is 0 Å². The van der Waals surface area contributed by atoms with Crippen LogP contribution in [0.3, 0.4) is 0 Å². The predicted molar refractivity (Wildman–Crippen MR) is 154 cm³/mol. The minimum atomic E-state index is -2.74. The average molecular weight is 496 g/mol. The minimum absolute atomic E-state index is 0.693. The summed E-state index contributed by atoms with van der Waals surface area (Å²) in [5.74, 6) is 1.68. The van der Waals surface area contributed by atoms with Crippen LogP contribution in [0.1, 0.15) is 18.9 Å². The number of hydrogen-bond donors (Lipinski definition) is 0. The first-order valence-corrected chi connectivity index (χ1v) is 15.1. The molecule has 4 heteroatoms. The van der Waals surface area contributed by atoms with E-state index in [-0.39, 0.29) is 0 Å². The molecule has 0 fully saturated rings. The molecule has 0 bridgehead atoms. The molecule has 0 aliphatic heterocycles. The summed E-state index contributed by atoms with van der Waals surface area (Å²) in [7, 11) is -2.74. The normalized spacial score (nSPS) is 11.9. The van der Waals surface area contributed by atoms with E-state index in [1.165, 1.54) is 21.5 Å². The first-order valence-electron chi connectivity index (χ1n) is 12.1. The van der Waals surface area contributed by atoms with Gasteiger partial charge in [0.15, 0.2) is 0 Å². The Morgan fingerprint density at radius 3 is 1.63 bits per heavy atom. The van der Waals surface area contributed by atoms with Crippen molar-refractivity contribution in [1.82, 2.24) is 4.98 Å². The van der Waals surface area contributed by atoms with Crippen LogP contribution in [0.2, 0.25) is 0 Å². The molecule has 1 aromatic heterocycles. The molecule has 2 nitrogen and oxygen atoms in total. The molecule has 5 aromatic rings. The van der Waals surface area contributed by atoms with Crippen LogP contribution in [0.5, 0.6) is 0 Å². The molecule has 0 atom stereocenters. The Hall–Kier alpha value is -3.13. The molecule has 0 aliphatic rings. The third-order valence-corrected chi connectivity index (χ3v) is 12.3. The number of nitrogens with zero attached hydrogens (tertiary/aromatic N) is 1. The Balaban J connectivity index is 1.86. The first kappa shape index (κ1) is 23.6. The number of aromatic nitrogens is 1. The second-order valence-electron chi connectivity index (χ2n) is 8.72. The van der Waals surface area contributed by atoms with Crippen LogP contribution in [0, 0.1) is 6.92 Å². The van der Waals surface area contributed by atoms with Gasteiger partial charge in [-0.15, -0.1) is 0 Å². The van der Waals surface area contributed by atoms with Crippen molar-refractivity contribution in [3.05, 3.63) is 121 Å². The Morgan fingerprint density at radius 1 is 0.686 bits per heavy atom. The van der Waals surface area contributed by atoms with E-state index in [0.717, 1.165) is 28.3 Å². The van der Waals surface area contributed by atoms with Crippen LogP contribution in [-0.2, 0) is 0 Å². The molecule has 1 heterocycles. The summed E-state index contributed by atoms with van der Waals surface area (Å²) in [5, 5.41) is 4.85. The third kappa shape index (κ3) is 4.59. The van der Waals surface area contributed by atoms with E-state index < -0.39 is 7.26 Å². The number of thioether (sulfide) groups is 1. The van der Waals surface area contributed by atoms with Crippen LogP contribution in [0.15, 0.2) is 125 Å². The zero-order valence-corrected chi connectivity index (χ0v) is 22.0. The summed E-state index contributed by atoms with van der Waals surface area (Å²) in [6.07, 6.45) is 1.07. The van der Waals surface area contributed by atoms with E-state index in [9.17, 15) is 0 Å². The van der Waals surface area contributed by atoms with Crippen molar-refractivity contribution < 1.29 is 4.42 Å². The number of oxazole rings is 1.